The van der Waals surface area contributed by atoms with Gasteiger partial charge in [0.05, 0.1) is 0 Å². The zero-order valence-electron chi connectivity index (χ0n) is 9.33. The van der Waals surface area contributed by atoms with Crippen molar-refractivity contribution in [2.75, 3.05) is 0 Å². The van der Waals surface area contributed by atoms with Crippen LogP contribution in [0.5, 0.6) is 11.5 Å². The lowest BCUT2D eigenvalue weighted by Gasteiger charge is -2.09. The van der Waals surface area contributed by atoms with Crippen LogP contribution < -0.4 is 4.74 Å². The quantitative estimate of drug-likeness (QED) is 0.726. The summed E-state index contributed by atoms with van der Waals surface area (Å²) in [5, 5.41) is 0.688. The van der Waals surface area contributed by atoms with Crippen molar-refractivity contribution in [2.45, 2.75) is 13.8 Å². The summed E-state index contributed by atoms with van der Waals surface area (Å²) in [6.07, 6.45) is 0. The summed E-state index contributed by atoms with van der Waals surface area (Å²) < 4.78 is 5.79. The molecule has 0 aromatic heterocycles. The second-order valence-corrected chi connectivity index (χ2v) is 4.26. The highest BCUT2D eigenvalue weighted by Crippen LogP contribution is 2.28. The lowest BCUT2D eigenvalue weighted by Crippen LogP contribution is -1.87. The molecule has 0 radical (unpaired) electrons. The first-order valence-electron chi connectivity index (χ1n) is 5.16. The van der Waals surface area contributed by atoms with Crippen molar-refractivity contribution in [3.8, 4) is 11.5 Å². The van der Waals surface area contributed by atoms with E-state index in [0.717, 1.165) is 17.1 Å². The van der Waals surface area contributed by atoms with Gasteiger partial charge in [-0.25, -0.2) is 0 Å². The number of hydrogen-bond donors (Lipinski definition) is 0. The van der Waals surface area contributed by atoms with Crippen molar-refractivity contribution in [1.29, 1.82) is 0 Å². The van der Waals surface area contributed by atoms with Crippen LogP contribution >= 0.6 is 11.6 Å². The van der Waals surface area contributed by atoms with Crippen molar-refractivity contribution >= 4 is 11.6 Å². The molecule has 2 rings (SSSR count). The Morgan fingerprint density at radius 3 is 2.56 bits per heavy atom. The molecule has 0 heterocycles. The smallest absolute Gasteiger partial charge is 0.131 e. The Kier molecular flexibility index (Phi) is 3.16. The Balaban J connectivity index is 2.30. The van der Waals surface area contributed by atoms with Crippen LogP contribution in [-0.4, -0.2) is 0 Å². The van der Waals surface area contributed by atoms with Crippen molar-refractivity contribution < 1.29 is 4.74 Å². The summed E-state index contributed by atoms with van der Waals surface area (Å²) >= 11 is 5.93. The van der Waals surface area contributed by atoms with Gasteiger partial charge in [0.1, 0.15) is 11.5 Å². The largest absolute Gasteiger partial charge is 0.457 e. The van der Waals surface area contributed by atoms with Crippen LogP contribution in [0.15, 0.2) is 42.5 Å². The van der Waals surface area contributed by atoms with E-state index in [-0.39, 0.29) is 0 Å². The van der Waals surface area contributed by atoms with Gasteiger partial charge < -0.3 is 4.74 Å². The van der Waals surface area contributed by atoms with Gasteiger partial charge in [-0.1, -0.05) is 29.8 Å². The average Bonchev–Trinajstić information content (AvgIpc) is 2.24. The molecule has 0 aliphatic rings. The maximum atomic E-state index is 5.93. The van der Waals surface area contributed by atoms with Crippen molar-refractivity contribution in [3.05, 3.63) is 58.6 Å². The van der Waals surface area contributed by atoms with E-state index in [0.29, 0.717) is 5.02 Å². The topological polar surface area (TPSA) is 9.23 Å². The van der Waals surface area contributed by atoms with Gasteiger partial charge >= 0.3 is 0 Å². The van der Waals surface area contributed by atoms with Crippen molar-refractivity contribution in [1.82, 2.24) is 0 Å². The van der Waals surface area contributed by atoms with Crippen LogP contribution in [0.4, 0.5) is 0 Å². The summed E-state index contributed by atoms with van der Waals surface area (Å²) in [6, 6.07) is 13.6. The molecule has 0 unspecified atom stereocenters. The number of halogens is 1. The molecular weight excluding hydrogens is 220 g/mol. The number of hydrogen-bond acceptors (Lipinski definition) is 1. The molecule has 1 nitrogen and oxygen atoms in total. The highest BCUT2D eigenvalue weighted by atomic mass is 35.5. The Labute approximate surface area is 101 Å². The molecule has 2 heteroatoms. The summed E-state index contributed by atoms with van der Waals surface area (Å²) in [7, 11) is 0. The van der Waals surface area contributed by atoms with E-state index in [9.17, 15) is 0 Å². The molecule has 2 aromatic rings. The summed E-state index contributed by atoms with van der Waals surface area (Å²) in [5.41, 5.74) is 2.25. The first kappa shape index (κ1) is 11.0. The third kappa shape index (κ3) is 2.56. The molecule has 0 saturated heterocycles. The molecule has 0 amide bonds. The lowest BCUT2D eigenvalue weighted by molar-refractivity contribution is 0.478. The molecule has 0 atom stereocenters. The minimum atomic E-state index is 0.688. The van der Waals surface area contributed by atoms with E-state index >= 15 is 0 Å². The van der Waals surface area contributed by atoms with Gasteiger partial charge in [-0.05, 0) is 49.2 Å². The van der Waals surface area contributed by atoms with E-state index in [2.05, 4.69) is 0 Å². The third-order valence-electron chi connectivity index (χ3n) is 2.37. The molecule has 0 spiro atoms. The Morgan fingerprint density at radius 2 is 1.81 bits per heavy atom. The fraction of sp³-hybridized carbons (Fsp3) is 0.143. The molecule has 16 heavy (non-hydrogen) atoms. The molecule has 0 fully saturated rings. The first-order chi connectivity index (χ1) is 7.65. The summed E-state index contributed by atoms with van der Waals surface area (Å²) in [6.45, 7) is 4.04. The zero-order valence-corrected chi connectivity index (χ0v) is 10.1. The third-order valence-corrected chi connectivity index (χ3v) is 2.60. The van der Waals surface area contributed by atoms with Gasteiger partial charge in [-0.3, -0.25) is 0 Å². The van der Waals surface area contributed by atoms with Gasteiger partial charge in [0.15, 0.2) is 0 Å². The standard InChI is InChI=1S/C14H13ClO/c1-10-4-3-5-13(8-10)16-14-9-12(15)7-6-11(14)2/h3-9H,1-2H3. The van der Waals surface area contributed by atoms with Crippen LogP contribution in [-0.2, 0) is 0 Å². The molecule has 0 bridgehead atoms. The SMILES string of the molecule is Cc1cccc(Oc2cc(Cl)ccc2C)c1. The van der Waals surface area contributed by atoms with Crippen molar-refractivity contribution in [3.63, 3.8) is 0 Å². The van der Waals surface area contributed by atoms with E-state index < -0.39 is 0 Å². The van der Waals surface area contributed by atoms with Gasteiger partial charge in [0, 0.05) is 5.02 Å². The monoisotopic (exact) mass is 232 g/mol. The lowest BCUT2D eigenvalue weighted by atomic mass is 10.2. The van der Waals surface area contributed by atoms with Gasteiger partial charge in [-0.2, -0.15) is 0 Å². The minimum absolute atomic E-state index is 0.688. The van der Waals surface area contributed by atoms with Crippen molar-refractivity contribution in [2.24, 2.45) is 0 Å². The van der Waals surface area contributed by atoms with E-state index in [1.807, 2.05) is 56.3 Å². The van der Waals surface area contributed by atoms with Crippen LogP contribution in [0.1, 0.15) is 11.1 Å². The predicted octanol–water partition coefficient (Wildman–Crippen LogP) is 4.75. The van der Waals surface area contributed by atoms with Gasteiger partial charge in [0.25, 0.3) is 0 Å². The Hall–Kier alpha value is -1.47. The predicted molar refractivity (Wildman–Crippen MR) is 67.4 cm³/mol. The summed E-state index contributed by atoms with van der Waals surface area (Å²) in [4.78, 5) is 0. The first-order valence-corrected chi connectivity index (χ1v) is 5.53. The van der Waals surface area contributed by atoms with E-state index in [1.165, 1.54) is 5.56 Å². The van der Waals surface area contributed by atoms with Gasteiger partial charge in [0.2, 0.25) is 0 Å². The highest BCUT2D eigenvalue weighted by Gasteiger charge is 2.02. The van der Waals surface area contributed by atoms with Crippen LogP contribution in [0.2, 0.25) is 5.02 Å². The summed E-state index contributed by atoms with van der Waals surface area (Å²) in [5.74, 6) is 1.64. The van der Waals surface area contributed by atoms with E-state index in [4.69, 9.17) is 16.3 Å². The second-order valence-electron chi connectivity index (χ2n) is 3.83. The molecule has 0 saturated carbocycles. The number of ether oxygens (including phenoxy) is 1. The Morgan fingerprint density at radius 1 is 1.00 bits per heavy atom. The fourth-order valence-corrected chi connectivity index (χ4v) is 1.65. The zero-order chi connectivity index (χ0) is 11.5. The molecular formula is C14H13ClO. The highest BCUT2D eigenvalue weighted by molar-refractivity contribution is 6.30. The molecule has 2 aromatic carbocycles. The maximum absolute atomic E-state index is 5.93. The molecule has 0 N–H and O–H groups in total. The van der Waals surface area contributed by atoms with Crippen LogP contribution in [0, 0.1) is 13.8 Å². The Bertz CT molecular complexity index is 506. The van der Waals surface area contributed by atoms with Crippen LogP contribution in [0.3, 0.4) is 0 Å². The fourth-order valence-electron chi connectivity index (χ4n) is 1.49. The maximum Gasteiger partial charge on any atom is 0.131 e. The van der Waals surface area contributed by atoms with E-state index in [1.54, 1.807) is 0 Å². The minimum Gasteiger partial charge on any atom is -0.457 e. The second kappa shape index (κ2) is 4.58. The molecule has 0 aliphatic heterocycles. The number of aryl methyl sites for hydroxylation is 2. The average molecular weight is 233 g/mol. The number of rotatable bonds is 2. The van der Waals surface area contributed by atoms with Gasteiger partial charge in [-0.15, -0.1) is 0 Å². The molecule has 82 valence electrons. The molecule has 0 aliphatic carbocycles. The number of benzene rings is 2. The normalized spacial score (nSPS) is 10.2. The van der Waals surface area contributed by atoms with Crippen LogP contribution in [0.25, 0.3) is 0 Å².